The average Bonchev–Trinajstić information content (AvgIpc) is 2.34. The van der Waals surface area contributed by atoms with Crippen molar-refractivity contribution >= 4 is 5.69 Å². The van der Waals surface area contributed by atoms with E-state index in [-0.39, 0.29) is 16.7 Å². The van der Waals surface area contributed by atoms with Gasteiger partial charge in [0.2, 0.25) is 0 Å². The predicted molar refractivity (Wildman–Crippen MR) is 79.6 cm³/mol. The van der Waals surface area contributed by atoms with E-state index in [9.17, 15) is 15.2 Å². The van der Waals surface area contributed by atoms with Gasteiger partial charge in [-0.25, -0.2) is 0 Å². The van der Waals surface area contributed by atoms with Gasteiger partial charge in [-0.1, -0.05) is 32.0 Å². The smallest absolute Gasteiger partial charge is 0.274 e. The molecule has 0 spiro atoms. The van der Waals surface area contributed by atoms with Crippen LogP contribution in [0.2, 0.25) is 0 Å². The molecule has 1 aromatic carbocycles. The van der Waals surface area contributed by atoms with Crippen LogP contribution >= 0.6 is 0 Å². The Balaban J connectivity index is 2.72. The van der Waals surface area contributed by atoms with Crippen molar-refractivity contribution in [2.24, 2.45) is 5.92 Å². The fraction of sp³-hybridized carbons (Fsp3) is 0.600. The van der Waals surface area contributed by atoms with Crippen LogP contribution < -0.4 is 5.32 Å². The van der Waals surface area contributed by atoms with E-state index < -0.39 is 5.60 Å². The Morgan fingerprint density at radius 3 is 2.50 bits per heavy atom. The minimum absolute atomic E-state index is 0.107. The van der Waals surface area contributed by atoms with E-state index in [0.29, 0.717) is 24.4 Å². The van der Waals surface area contributed by atoms with Gasteiger partial charge in [0.1, 0.15) is 0 Å². The second-order valence-electron chi connectivity index (χ2n) is 6.01. The fourth-order valence-electron chi connectivity index (χ4n) is 2.45. The topological polar surface area (TPSA) is 75.4 Å². The summed E-state index contributed by atoms with van der Waals surface area (Å²) in [5.74, 6) is 0.396. The first-order chi connectivity index (χ1) is 9.23. The van der Waals surface area contributed by atoms with Crippen LogP contribution in [0, 0.1) is 16.0 Å². The number of hydrogen-bond acceptors (Lipinski definition) is 4. The zero-order chi connectivity index (χ0) is 15.3. The molecule has 2 N–H and O–H groups in total. The standard InChI is InChI=1S/C15H24N2O3/c1-11(2)9-15(4,18)10-16-12(3)13-7-5-6-8-14(13)17(19)20/h5-8,11-12,16,18H,9-10H2,1-4H3. The molecule has 1 aromatic rings. The molecule has 0 aliphatic heterocycles. The number of nitro benzene ring substituents is 1. The Labute approximate surface area is 120 Å². The van der Waals surface area contributed by atoms with Crippen LogP contribution in [-0.2, 0) is 0 Å². The molecule has 112 valence electrons. The molecule has 0 saturated heterocycles. The van der Waals surface area contributed by atoms with Crippen molar-refractivity contribution in [2.75, 3.05) is 6.54 Å². The lowest BCUT2D eigenvalue weighted by molar-refractivity contribution is -0.385. The van der Waals surface area contributed by atoms with Crippen LogP contribution in [0.25, 0.3) is 0 Å². The molecule has 0 saturated carbocycles. The summed E-state index contributed by atoms with van der Waals surface area (Å²) in [6.07, 6.45) is 0.684. The zero-order valence-electron chi connectivity index (χ0n) is 12.6. The van der Waals surface area contributed by atoms with Crippen molar-refractivity contribution in [3.8, 4) is 0 Å². The van der Waals surface area contributed by atoms with Crippen molar-refractivity contribution in [1.29, 1.82) is 0 Å². The van der Waals surface area contributed by atoms with Gasteiger partial charge in [0.15, 0.2) is 0 Å². The van der Waals surface area contributed by atoms with Crippen molar-refractivity contribution in [2.45, 2.75) is 45.8 Å². The van der Waals surface area contributed by atoms with Gasteiger partial charge in [-0.3, -0.25) is 10.1 Å². The highest BCUT2D eigenvalue weighted by atomic mass is 16.6. The predicted octanol–water partition coefficient (Wildman–Crippen LogP) is 3.04. The number of nitrogens with one attached hydrogen (secondary N) is 1. The molecule has 0 radical (unpaired) electrons. The van der Waals surface area contributed by atoms with Gasteiger partial charge in [-0.05, 0) is 26.2 Å². The van der Waals surface area contributed by atoms with Crippen LogP contribution in [-0.4, -0.2) is 22.2 Å². The Hall–Kier alpha value is -1.46. The molecule has 0 aliphatic carbocycles. The highest BCUT2D eigenvalue weighted by Gasteiger charge is 2.24. The van der Waals surface area contributed by atoms with Gasteiger partial charge < -0.3 is 10.4 Å². The highest BCUT2D eigenvalue weighted by Crippen LogP contribution is 2.25. The first-order valence-corrected chi connectivity index (χ1v) is 6.92. The molecule has 0 amide bonds. The molecule has 0 bridgehead atoms. The van der Waals surface area contributed by atoms with E-state index in [1.807, 2.05) is 6.92 Å². The van der Waals surface area contributed by atoms with Crippen LogP contribution in [0.1, 0.15) is 45.7 Å². The lowest BCUT2D eigenvalue weighted by Crippen LogP contribution is -2.40. The lowest BCUT2D eigenvalue weighted by atomic mass is 9.93. The molecular formula is C15H24N2O3. The number of benzene rings is 1. The highest BCUT2D eigenvalue weighted by molar-refractivity contribution is 5.41. The molecule has 0 aromatic heterocycles. The van der Waals surface area contributed by atoms with Crippen LogP contribution in [0.3, 0.4) is 0 Å². The summed E-state index contributed by atoms with van der Waals surface area (Å²) < 4.78 is 0. The number of nitro groups is 1. The number of nitrogens with zero attached hydrogens (tertiary/aromatic N) is 1. The first kappa shape index (κ1) is 16.6. The summed E-state index contributed by atoms with van der Waals surface area (Å²) in [7, 11) is 0. The number of hydrogen-bond donors (Lipinski definition) is 2. The molecular weight excluding hydrogens is 256 g/mol. The maximum absolute atomic E-state index is 11.0. The third-order valence-electron chi connectivity index (χ3n) is 3.24. The number of rotatable bonds is 7. The molecule has 1 rings (SSSR count). The van der Waals surface area contributed by atoms with Crippen LogP contribution in [0.5, 0.6) is 0 Å². The third-order valence-corrected chi connectivity index (χ3v) is 3.24. The summed E-state index contributed by atoms with van der Waals surface area (Å²) in [4.78, 5) is 10.6. The van der Waals surface area contributed by atoms with E-state index in [4.69, 9.17) is 0 Å². The quantitative estimate of drug-likeness (QED) is 0.594. The summed E-state index contributed by atoms with van der Waals surface area (Å²) in [6, 6.07) is 6.50. The lowest BCUT2D eigenvalue weighted by Gasteiger charge is -2.27. The number of para-hydroxylation sites is 1. The summed E-state index contributed by atoms with van der Waals surface area (Å²) >= 11 is 0. The summed E-state index contributed by atoms with van der Waals surface area (Å²) in [5, 5.41) is 24.4. The molecule has 0 aliphatic rings. The summed E-state index contributed by atoms with van der Waals surface area (Å²) in [6.45, 7) is 8.16. The maximum Gasteiger partial charge on any atom is 0.274 e. The van der Waals surface area contributed by atoms with Crippen LogP contribution in [0.15, 0.2) is 24.3 Å². The monoisotopic (exact) mass is 280 g/mol. The Morgan fingerprint density at radius 2 is 1.95 bits per heavy atom. The molecule has 5 nitrogen and oxygen atoms in total. The van der Waals surface area contributed by atoms with Crippen LogP contribution in [0.4, 0.5) is 5.69 Å². The van der Waals surface area contributed by atoms with Gasteiger partial charge in [0, 0.05) is 24.2 Å². The van der Waals surface area contributed by atoms with Gasteiger partial charge in [0.25, 0.3) is 5.69 Å². The molecule has 20 heavy (non-hydrogen) atoms. The van der Waals surface area contributed by atoms with Gasteiger partial charge in [0.05, 0.1) is 10.5 Å². The minimum Gasteiger partial charge on any atom is -0.389 e. The van der Waals surface area contributed by atoms with E-state index in [1.165, 1.54) is 6.07 Å². The molecule has 0 heterocycles. The molecule has 0 fully saturated rings. The second-order valence-corrected chi connectivity index (χ2v) is 6.01. The fourth-order valence-corrected chi connectivity index (χ4v) is 2.45. The molecule has 2 unspecified atom stereocenters. The van der Waals surface area contributed by atoms with Crippen molar-refractivity contribution < 1.29 is 10.0 Å². The van der Waals surface area contributed by atoms with Crippen molar-refractivity contribution in [1.82, 2.24) is 5.32 Å². The average molecular weight is 280 g/mol. The third kappa shape index (κ3) is 4.90. The van der Waals surface area contributed by atoms with Gasteiger partial charge in [-0.15, -0.1) is 0 Å². The number of aliphatic hydroxyl groups is 1. The Bertz CT molecular complexity index is 458. The maximum atomic E-state index is 11.0. The van der Waals surface area contributed by atoms with Crippen molar-refractivity contribution in [3.05, 3.63) is 39.9 Å². The second kappa shape index (κ2) is 6.81. The van der Waals surface area contributed by atoms with Gasteiger partial charge >= 0.3 is 0 Å². The SMILES string of the molecule is CC(C)CC(C)(O)CNC(C)c1ccccc1[N+](=O)[O-]. The minimum atomic E-state index is -0.814. The first-order valence-electron chi connectivity index (χ1n) is 6.92. The van der Waals surface area contributed by atoms with Crippen molar-refractivity contribution in [3.63, 3.8) is 0 Å². The Morgan fingerprint density at radius 1 is 1.35 bits per heavy atom. The molecule has 2 atom stereocenters. The van der Waals surface area contributed by atoms with E-state index in [0.717, 1.165) is 0 Å². The Kier molecular flexibility index (Phi) is 5.65. The van der Waals surface area contributed by atoms with E-state index in [1.54, 1.807) is 25.1 Å². The van der Waals surface area contributed by atoms with Gasteiger partial charge in [-0.2, -0.15) is 0 Å². The summed E-state index contributed by atoms with van der Waals surface area (Å²) in [5.41, 5.74) is -0.0692. The largest absolute Gasteiger partial charge is 0.389 e. The van der Waals surface area contributed by atoms with E-state index >= 15 is 0 Å². The molecule has 5 heteroatoms. The zero-order valence-corrected chi connectivity index (χ0v) is 12.6. The normalized spacial score (nSPS) is 15.9. The van der Waals surface area contributed by atoms with E-state index in [2.05, 4.69) is 19.2 Å².